The molecule has 0 fully saturated rings. The zero-order valence-electron chi connectivity index (χ0n) is 14.9. The minimum absolute atomic E-state index is 0.0820. The van der Waals surface area contributed by atoms with Crippen molar-refractivity contribution in [2.75, 3.05) is 12.4 Å². The molecule has 0 aliphatic heterocycles. The second-order valence-electron chi connectivity index (χ2n) is 6.75. The summed E-state index contributed by atoms with van der Waals surface area (Å²) in [5, 5.41) is 4.25. The molecule has 0 aliphatic carbocycles. The highest BCUT2D eigenvalue weighted by molar-refractivity contribution is 7.09. The molecule has 0 radical (unpaired) electrons. The summed E-state index contributed by atoms with van der Waals surface area (Å²) in [6.45, 7) is 6.32. The van der Waals surface area contributed by atoms with E-state index in [4.69, 9.17) is 4.74 Å². The van der Waals surface area contributed by atoms with Crippen LogP contribution in [0.4, 0.5) is 5.13 Å². The topological polar surface area (TPSA) is 59.9 Å². The molecule has 3 rings (SSSR count). The third-order valence-corrected chi connectivity index (χ3v) is 4.44. The largest absolute Gasteiger partial charge is 0.496 e. The van der Waals surface area contributed by atoms with E-state index in [1.165, 1.54) is 11.5 Å². The quantitative estimate of drug-likeness (QED) is 0.734. The van der Waals surface area contributed by atoms with Crippen LogP contribution in [0, 0.1) is 0 Å². The van der Waals surface area contributed by atoms with Crippen LogP contribution in [0.3, 0.4) is 0 Å². The zero-order chi connectivity index (χ0) is 17.9. The Kier molecular flexibility index (Phi) is 4.99. The lowest BCUT2D eigenvalue weighted by Gasteiger charge is -2.20. The first-order chi connectivity index (χ1) is 12.0. The highest BCUT2D eigenvalue weighted by atomic mass is 32.1. The number of pyridine rings is 1. The molecule has 0 amide bonds. The summed E-state index contributed by atoms with van der Waals surface area (Å²) in [6, 6.07) is 13.7. The number of ether oxygens (including phenoxy) is 1. The lowest BCUT2D eigenvalue weighted by molar-refractivity contribution is 0.408. The van der Waals surface area contributed by atoms with Gasteiger partial charge in [-0.1, -0.05) is 45.0 Å². The maximum Gasteiger partial charge on any atom is 0.203 e. The molecule has 0 spiro atoms. The summed E-state index contributed by atoms with van der Waals surface area (Å²) in [5.74, 6) is 1.64. The van der Waals surface area contributed by atoms with E-state index in [0.717, 1.165) is 28.0 Å². The number of nitrogens with one attached hydrogen (secondary N) is 1. The van der Waals surface area contributed by atoms with Crippen molar-refractivity contribution in [1.82, 2.24) is 14.3 Å². The predicted molar refractivity (Wildman–Crippen MR) is 101 cm³/mol. The standard InChI is InChI=1S/C19H22N4OS/c1-19(2,3)17-22-18(25-23-17)21-16(14-10-7-8-12-20-14)13-9-5-6-11-15(13)24-4/h5-12,16H,1-4H3,(H,21,22,23)/t16-/m1/s1. The van der Waals surface area contributed by atoms with Gasteiger partial charge in [-0.3, -0.25) is 4.98 Å². The number of hydrogen-bond donors (Lipinski definition) is 1. The summed E-state index contributed by atoms with van der Waals surface area (Å²) < 4.78 is 10.0. The maximum absolute atomic E-state index is 5.54. The Hall–Kier alpha value is -2.47. The number of anilines is 1. The van der Waals surface area contributed by atoms with Gasteiger partial charge in [0, 0.05) is 28.7 Å². The third kappa shape index (κ3) is 3.96. The van der Waals surface area contributed by atoms with E-state index >= 15 is 0 Å². The molecule has 1 N–H and O–H groups in total. The monoisotopic (exact) mass is 354 g/mol. The normalized spacial score (nSPS) is 12.6. The van der Waals surface area contributed by atoms with Gasteiger partial charge in [0.2, 0.25) is 5.13 Å². The molecule has 130 valence electrons. The number of rotatable bonds is 5. The number of aromatic nitrogens is 3. The third-order valence-electron chi connectivity index (χ3n) is 3.80. The van der Waals surface area contributed by atoms with Gasteiger partial charge >= 0.3 is 0 Å². The van der Waals surface area contributed by atoms with Crippen molar-refractivity contribution in [2.24, 2.45) is 0 Å². The Morgan fingerprint density at radius 3 is 2.48 bits per heavy atom. The van der Waals surface area contributed by atoms with Crippen LogP contribution in [0.2, 0.25) is 0 Å². The number of hydrogen-bond acceptors (Lipinski definition) is 6. The Morgan fingerprint density at radius 1 is 1.08 bits per heavy atom. The van der Waals surface area contributed by atoms with E-state index in [9.17, 15) is 0 Å². The van der Waals surface area contributed by atoms with Crippen LogP contribution in [0.1, 0.15) is 43.9 Å². The molecule has 1 atom stereocenters. The van der Waals surface area contributed by atoms with E-state index in [2.05, 4.69) is 40.4 Å². The minimum Gasteiger partial charge on any atom is -0.496 e. The Morgan fingerprint density at radius 2 is 1.84 bits per heavy atom. The summed E-state index contributed by atoms with van der Waals surface area (Å²) in [7, 11) is 1.68. The smallest absolute Gasteiger partial charge is 0.203 e. The molecular weight excluding hydrogens is 332 g/mol. The van der Waals surface area contributed by atoms with Gasteiger partial charge in [0.25, 0.3) is 0 Å². The van der Waals surface area contributed by atoms with Gasteiger partial charge in [0.1, 0.15) is 11.6 Å². The van der Waals surface area contributed by atoms with E-state index in [1.807, 2.05) is 42.5 Å². The lowest BCUT2D eigenvalue weighted by Crippen LogP contribution is -2.16. The van der Waals surface area contributed by atoms with Crippen molar-refractivity contribution in [3.05, 3.63) is 65.7 Å². The van der Waals surface area contributed by atoms with Crippen LogP contribution in [0.25, 0.3) is 0 Å². The highest BCUT2D eigenvalue weighted by Crippen LogP contribution is 2.33. The number of benzene rings is 1. The van der Waals surface area contributed by atoms with Gasteiger partial charge in [0.15, 0.2) is 0 Å². The molecule has 0 saturated heterocycles. The van der Waals surface area contributed by atoms with E-state index < -0.39 is 0 Å². The average molecular weight is 354 g/mol. The van der Waals surface area contributed by atoms with Crippen molar-refractivity contribution in [2.45, 2.75) is 32.2 Å². The molecule has 5 nitrogen and oxygen atoms in total. The van der Waals surface area contributed by atoms with E-state index in [0.29, 0.717) is 0 Å². The first-order valence-corrected chi connectivity index (χ1v) is 8.91. The van der Waals surface area contributed by atoms with Crippen molar-refractivity contribution < 1.29 is 4.74 Å². The minimum atomic E-state index is -0.168. The average Bonchev–Trinajstić information content (AvgIpc) is 3.09. The molecule has 0 aliphatic rings. The van der Waals surface area contributed by atoms with Crippen LogP contribution in [0.5, 0.6) is 5.75 Å². The van der Waals surface area contributed by atoms with Gasteiger partial charge in [-0.25, -0.2) is 4.98 Å². The molecule has 3 aromatic rings. The van der Waals surface area contributed by atoms with Crippen LogP contribution in [-0.2, 0) is 5.41 Å². The van der Waals surface area contributed by atoms with Crippen molar-refractivity contribution in [3.63, 3.8) is 0 Å². The SMILES string of the molecule is COc1ccccc1[C@@H](Nc1nc(C(C)(C)C)ns1)c1ccccn1. The molecule has 2 heterocycles. The second-order valence-corrected chi connectivity index (χ2v) is 7.50. The highest BCUT2D eigenvalue weighted by Gasteiger charge is 2.23. The van der Waals surface area contributed by atoms with Crippen LogP contribution in [0.15, 0.2) is 48.7 Å². The van der Waals surface area contributed by atoms with Crippen molar-refractivity contribution in [1.29, 1.82) is 0 Å². The maximum atomic E-state index is 5.54. The molecule has 2 aromatic heterocycles. The fraction of sp³-hybridized carbons (Fsp3) is 0.316. The number of para-hydroxylation sites is 1. The molecule has 0 unspecified atom stereocenters. The van der Waals surface area contributed by atoms with Gasteiger partial charge < -0.3 is 10.1 Å². The lowest BCUT2D eigenvalue weighted by atomic mass is 9.96. The van der Waals surface area contributed by atoms with E-state index in [1.54, 1.807) is 13.3 Å². The predicted octanol–water partition coefficient (Wildman–Crippen LogP) is 4.44. The van der Waals surface area contributed by atoms with Crippen molar-refractivity contribution in [3.8, 4) is 5.75 Å². The van der Waals surface area contributed by atoms with Crippen LogP contribution >= 0.6 is 11.5 Å². The van der Waals surface area contributed by atoms with Gasteiger partial charge in [-0.2, -0.15) is 4.37 Å². The fourth-order valence-electron chi connectivity index (χ4n) is 2.47. The Balaban J connectivity index is 1.99. The second kappa shape index (κ2) is 7.19. The van der Waals surface area contributed by atoms with Gasteiger partial charge in [-0.05, 0) is 18.2 Å². The molecule has 0 saturated carbocycles. The van der Waals surface area contributed by atoms with Gasteiger partial charge in [-0.15, -0.1) is 0 Å². The van der Waals surface area contributed by atoms with E-state index in [-0.39, 0.29) is 11.5 Å². The number of methoxy groups -OCH3 is 1. The first kappa shape index (κ1) is 17.4. The first-order valence-electron chi connectivity index (χ1n) is 8.13. The summed E-state index contributed by atoms with van der Waals surface area (Å²) in [5.41, 5.74) is 1.83. The molecule has 6 heteroatoms. The molecule has 1 aromatic carbocycles. The Labute approximate surface area is 152 Å². The molecule has 0 bridgehead atoms. The van der Waals surface area contributed by atoms with Gasteiger partial charge in [0.05, 0.1) is 18.8 Å². The van der Waals surface area contributed by atoms with Crippen LogP contribution < -0.4 is 10.1 Å². The summed E-state index contributed by atoms with van der Waals surface area (Å²) >= 11 is 1.37. The summed E-state index contributed by atoms with van der Waals surface area (Å²) in [6.07, 6.45) is 1.79. The number of nitrogens with zero attached hydrogens (tertiary/aromatic N) is 3. The Bertz CT molecular complexity index is 827. The van der Waals surface area contributed by atoms with Crippen LogP contribution in [-0.4, -0.2) is 21.5 Å². The zero-order valence-corrected chi connectivity index (χ0v) is 15.7. The molecular formula is C19H22N4OS. The van der Waals surface area contributed by atoms with Crippen molar-refractivity contribution >= 4 is 16.7 Å². The fourth-order valence-corrected chi connectivity index (χ4v) is 3.26. The molecule has 25 heavy (non-hydrogen) atoms. The summed E-state index contributed by atoms with van der Waals surface area (Å²) in [4.78, 5) is 9.18.